The lowest BCUT2D eigenvalue weighted by molar-refractivity contribution is -0.120. The fourth-order valence-electron chi connectivity index (χ4n) is 2.96. The molecule has 2 heterocycles. The first-order valence-electron chi connectivity index (χ1n) is 8.15. The molecule has 1 saturated heterocycles. The van der Waals surface area contributed by atoms with Crippen LogP contribution >= 0.6 is 15.9 Å². The van der Waals surface area contributed by atoms with E-state index in [1.807, 2.05) is 44.2 Å². The number of nitrogens with zero attached hydrogens (tertiary/aromatic N) is 3. The van der Waals surface area contributed by atoms with Gasteiger partial charge in [0.15, 0.2) is 5.82 Å². The van der Waals surface area contributed by atoms with Crippen LogP contribution in [0.3, 0.4) is 0 Å². The number of halogens is 1. The molecule has 24 heavy (non-hydrogen) atoms. The summed E-state index contributed by atoms with van der Waals surface area (Å²) in [5.41, 5.74) is 2.82. The Morgan fingerprint density at radius 1 is 1.25 bits per heavy atom. The topological polar surface area (TPSA) is 58.1 Å². The molecule has 1 fully saturated rings. The molecular weight excluding hydrogens is 368 g/mol. The second-order valence-electron chi connectivity index (χ2n) is 6.27. The third-order valence-corrected chi connectivity index (χ3v) is 4.84. The van der Waals surface area contributed by atoms with Gasteiger partial charge in [-0.25, -0.2) is 0 Å². The van der Waals surface area contributed by atoms with Gasteiger partial charge >= 0.3 is 0 Å². The monoisotopic (exact) mass is 388 g/mol. The standard InChI is InChI=1S/C18H21BrN4O/c1-12-10-15(19)6-7-16(12)20-18(24)14-4-3-9-23(11-14)17-8-5-13(2)21-22-17/h5-8,10,14H,3-4,9,11H2,1-2H3,(H,20,24). The van der Waals surface area contributed by atoms with Crippen LogP contribution in [0.4, 0.5) is 11.5 Å². The lowest BCUT2D eigenvalue weighted by Gasteiger charge is -2.32. The molecule has 5 nitrogen and oxygen atoms in total. The molecule has 0 radical (unpaired) electrons. The van der Waals surface area contributed by atoms with Crippen LogP contribution in [-0.4, -0.2) is 29.2 Å². The lowest BCUT2D eigenvalue weighted by atomic mass is 9.97. The minimum atomic E-state index is -0.0371. The van der Waals surface area contributed by atoms with Gasteiger partial charge in [-0.05, 0) is 62.6 Å². The van der Waals surface area contributed by atoms with Gasteiger partial charge in [-0.1, -0.05) is 15.9 Å². The number of nitrogens with one attached hydrogen (secondary N) is 1. The van der Waals surface area contributed by atoms with Crippen molar-refractivity contribution in [1.29, 1.82) is 0 Å². The molecule has 1 aromatic carbocycles. The van der Waals surface area contributed by atoms with Gasteiger partial charge in [0.2, 0.25) is 5.91 Å². The molecule has 1 unspecified atom stereocenters. The van der Waals surface area contributed by atoms with E-state index in [0.29, 0.717) is 6.54 Å². The molecule has 6 heteroatoms. The van der Waals surface area contributed by atoms with Crippen molar-refractivity contribution < 1.29 is 4.79 Å². The molecule has 1 aromatic heterocycles. The summed E-state index contributed by atoms with van der Waals surface area (Å²) in [6, 6.07) is 9.81. The number of carbonyl (C=O) groups excluding carboxylic acids is 1. The Morgan fingerprint density at radius 3 is 2.79 bits per heavy atom. The van der Waals surface area contributed by atoms with Gasteiger partial charge in [0.25, 0.3) is 0 Å². The van der Waals surface area contributed by atoms with Crippen molar-refractivity contribution >= 4 is 33.3 Å². The van der Waals surface area contributed by atoms with Crippen LogP contribution < -0.4 is 10.2 Å². The van der Waals surface area contributed by atoms with E-state index >= 15 is 0 Å². The highest BCUT2D eigenvalue weighted by molar-refractivity contribution is 9.10. The molecule has 0 aliphatic carbocycles. The molecule has 1 aliphatic heterocycles. The van der Waals surface area contributed by atoms with Crippen LogP contribution in [0.1, 0.15) is 24.1 Å². The quantitative estimate of drug-likeness (QED) is 0.870. The highest BCUT2D eigenvalue weighted by Gasteiger charge is 2.27. The molecule has 1 atom stereocenters. The third kappa shape index (κ3) is 3.93. The van der Waals surface area contributed by atoms with Crippen molar-refractivity contribution in [1.82, 2.24) is 10.2 Å². The summed E-state index contributed by atoms with van der Waals surface area (Å²) < 4.78 is 1.01. The minimum absolute atomic E-state index is 0.0371. The summed E-state index contributed by atoms with van der Waals surface area (Å²) in [7, 11) is 0. The van der Waals surface area contributed by atoms with E-state index in [2.05, 4.69) is 36.3 Å². The van der Waals surface area contributed by atoms with E-state index in [9.17, 15) is 4.79 Å². The molecule has 126 valence electrons. The Hall–Kier alpha value is -1.95. The molecule has 1 amide bonds. The zero-order chi connectivity index (χ0) is 17.1. The SMILES string of the molecule is Cc1ccc(N2CCCC(C(=O)Nc3ccc(Br)cc3C)C2)nn1. The number of hydrogen-bond acceptors (Lipinski definition) is 4. The summed E-state index contributed by atoms with van der Waals surface area (Å²) in [6.45, 7) is 5.51. The van der Waals surface area contributed by atoms with Crippen molar-refractivity contribution in [3.63, 3.8) is 0 Å². The average Bonchev–Trinajstić information content (AvgIpc) is 2.58. The van der Waals surface area contributed by atoms with Crippen molar-refractivity contribution in [2.24, 2.45) is 5.92 Å². The largest absolute Gasteiger partial charge is 0.354 e. The summed E-state index contributed by atoms with van der Waals surface area (Å²) in [4.78, 5) is 14.8. The first-order valence-corrected chi connectivity index (χ1v) is 8.94. The Balaban J connectivity index is 1.67. The van der Waals surface area contributed by atoms with Gasteiger partial charge < -0.3 is 10.2 Å². The predicted octanol–water partition coefficient (Wildman–Crippen LogP) is 3.71. The van der Waals surface area contributed by atoms with E-state index in [-0.39, 0.29) is 11.8 Å². The Bertz CT molecular complexity index is 732. The molecule has 1 aliphatic rings. The first-order chi connectivity index (χ1) is 11.5. The zero-order valence-electron chi connectivity index (χ0n) is 13.9. The third-order valence-electron chi connectivity index (χ3n) is 4.35. The van der Waals surface area contributed by atoms with E-state index < -0.39 is 0 Å². The molecule has 0 spiro atoms. The van der Waals surface area contributed by atoms with Crippen LogP contribution in [0.2, 0.25) is 0 Å². The van der Waals surface area contributed by atoms with Gasteiger partial charge in [-0.2, -0.15) is 5.10 Å². The molecule has 3 rings (SSSR count). The normalized spacial score (nSPS) is 17.6. The number of aryl methyl sites for hydroxylation is 2. The average molecular weight is 389 g/mol. The van der Waals surface area contributed by atoms with E-state index in [1.165, 1.54) is 0 Å². The minimum Gasteiger partial charge on any atom is -0.354 e. The lowest BCUT2D eigenvalue weighted by Crippen LogP contribution is -2.41. The Kier molecular flexibility index (Phi) is 5.14. The van der Waals surface area contributed by atoms with Crippen molar-refractivity contribution in [3.8, 4) is 0 Å². The smallest absolute Gasteiger partial charge is 0.229 e. The van der Waals surface area contributed by atoms with Gasteiger partial charge in [0.1, 0.15) is 0 Å². The van der Waals surface area contributed by atoms with E-state index in [4.69, 9.17) is 0 Å². The number of carbonyl (C=O) groups is 1. The summed E-state index contributed by atoms with van der Waals surface area (Å²) in [5.74, 6) is 0.882. The number of amides is 1. The Labute approximate surface area is 150 Å². The molecule has 1 N–H and O–H groups in total. The van der Waals surface area contributed by atoms with Crippen LogP contribution in [0.25, 0.3) is 0 Å². The van der Waals surface area contributed by atoms with Gasteiger partial charge in [0, 0.05) is 23.2 Å². The van der Waals surface area contributed by atoms with Crippen LogP contribution in [0.5, 0.6) is 0 Å². The summed E-state index contributed by atoms with van der Waals surface area (Å²) >= 11 is 3.45. The second kappa shape index (κ2) is 7.30. The first kappa shape index (κ1) is 16.9. The highest BCUT2D eigenvalue weighted by Crippen LogP contribution is 2.24. The maximum Gasteiger partial charge on any atom is 0.229 e. The number of aromatic nitrogens is 2. The zero-order valence-corrected chi connectivity index (χ0v) is 15.5. The van der Waals surface area contributed by atoms with Gasteiger partial charge in [-0.15, -0.1) is 5.10 Å². The summed E-state index contributed by atoms with van der Waals surface area (Å²) in [5, 5.41) is 11.4. The maximum atomic E-state index is 12.7. The molecule has 0 bridgehead atoms. The van der Waals surface area contributed by atoms with E-state index in [1.54, 1.807) is 0 Å². The van der Waals surface area contributed by atoms with Gasteiger partial charge in [-0.3, -0.25) is 4.79 Å². The fourth-order valence-corrected chi connectivity index (χ4v) is 3.44. The maximum absolute atomic E-state index is 12.7. The number of hydrogen-bond donors (Lipinski definition) is 1. The van der Waals surface area contributed by atoms with E-state index in [0.717, 1.165) is 46.6 Å². The van der Waals surface area contributed by atoms with Gasteiger partial charge in [0.05, 0.1) is 11.6 Å². The number of benzene rings is 1. The summed E-state index contributed by atoms with van der Waals surface area (Å²) in [6.07, 6.45) is 1.88. The predicted molar refractivity (Wildman–Crippen MR) is 99.2 cm³/mol. The van der Waals surface area contributed by atoms with Crippen LogP contribution in [0.15, 0.2) is 34.8 Å². The number of piperidine rings is 1. The van der Waals surface area contributed by atoms with Crippen LogP contribution in [-0.2, 0) is 4.79 Å². The van der Waals surface area contributed by atoms with Crippen LogP contribution in [0, 0.1) is 19.8 Å². The number of anilines is 2. The molecular formula is C18H21BrN4O. The second-order valence-corrected chi connectivity index (χ2v) is 7.18. The number of rotatable bonds is 3. The highest BCUT2D eigenvalue weighted by atomic mass is 79.9. The fraction of sp³-hybridized carbons (Fsp3) is 0.389. The van der Waals surface area contributed by atoms with Crippen molar-refractivity contribution in [3.05, 3.63) is 46.1 Å². The van der Waals surface area contributed by atoms with Crippen molar-refractivity contribution in [2.75, 3.05) is 23.3 Å². The molecule has 0 saturated carbocycles. The molecule has 2 aromatic rings. The Morgan fingerprint density at radius 2 is 2.08 bits per heavy atom. The van der Waals surface area contributed by atoms with Crippen molar-refractivity contribution in [2.45, 2.75) is 26.7 Å².